The first-order chi connectivity index (χ1) is 11.0. The van der Waals surface area contributed by atoms with Crippen molar-refractivity contribution in [2.24, 2.45) is 0 Å². The molecule has 2 aromatic rings. The lowest BCUT2D eigenvalue weighted by Gasteiger charge is -2.18. The van der Waals surface area contributed by atoms with Crippen LogP contribution in [-0.2, 0) is 19.4 Å². The number of nitrogens with zero attached hydrogens (tertiary/aromatic N) is 3. The number of hydrogen-bond acceptors (Lipinski definition) is 5. The molecule has 1 N–H and O–H groups in total. The molecule has 0 aromatic carbocycles. The number of carboxylic acid groups (broad SMARTS) is 1. The topological polar surface area (TPSA) is 56.7 Å². The molecule has 0 amide bonds. The highest BCUT2D eigenvalue weighted by Crippen LogP contribution is 2.24. The number of pyridine rings is 1. The molecule has 3 rings (SSSR count). The molecule has 0 radical (unpaired) electrons. The molecule has 23 heavy (non-hydrogen) atoms. The standard InChI is InChI=1S/C17H21N3O2S/c1-19(2)16-14(17(21)22)9-13-3-6-20(7-4-15(13)18-16)10-12-5-8-23-11-12/h5,8-9,11H,3-4,6-7,10H2,1-2H3,(H,21,22). The maximum absolute atomic E-state index is 11.5. The van der Waals surface area contributed by atoms with Gasteiger partial charge in [0.2, 0.25) is 0 Å². The van der Waals surface area contributed by atoms with Crippen LogP contribution in [0.3, 0.4) is 0 Å². The second-order valence-corrected chi connectivity index (χ2v) is 6.85. The van der Waals surface area contributed by atoms with Crippen LogP contribution in [0.1, 0.15) is 27.2 Å². The maximum Gasteiger partial charge on any atom is 0.339 e. The zero-order chi connectivity index (χ0) is 16.4. The Balaban J connectivity index is 1.83. The molecular weight excluding hydrogens is 310 g/mol. The lowest BCUT2D eigenvalue weighted by atomic mass is 10.1. The van der Waals surface area contributed by atoms with Crippen LogP contribution in [0, 0.1) is 0 Å². The third-order valence-electron chi connectivity index (χ3n) is 4.17. The molecule has 0 atom stereocenters. The summed E-state index contributed by atoms with van der Waals surface area (Å²) in [5, 5.41) is 13.7. The highest BCUT2D eigenvalue weighted by Gasteiger charge is 2.21. The van der Waals surface area contributed by atoms with Gasteiger partial charge in [-0.1, -0.05) is 0 Å². The van der Waals surface area contributed by atoms with E-state index in [4.69, 9.17) is 0 Å². The first kappa shape index (κ1) is 16.0. The van der Waals surface area contributed by atoms with Gasteiger partial charge in [-0.2, -0.15) is 11.3 Å². The third kappa shape index (κ3) is 3.54. The van der Waals surface area contributed by atoms with Crippen molar-refractivity contribution in [2.45, 2.75) is 19.4 Å². The summed E-state index contributed by atoms with van der Waals surface area (Å²) >= 11 is 1.72. The van der Waals surface area contributed by atoms with Crippen LogP contribution < -0.4 is 4.90 Å². The van der Waals surface area contributed by atoms with Crippen molar-refractivity contribution in [3.8, 4) is 0 Å². The number of fused-ring (bicyclic) bond motifs is 1. The minimum Gasteiger partial charge on any atom is -0.478 e. The molecule has 6 heteroatoms. The number of anilines is 1. The molecular formula is C17H21N3O2S. The van der Waals surface area contributed by atoms with Crippen LogP contribution in [0.5, 0.6) is 0 Å². The second-order valence-electron chi connectivity index (χ2n) is 6.07. The van der Waals surface area contributed by atoms with E-state index >= 15 is 0 Å². The van der Waals surface area contributed by atoms with Crippen LogP contribution in [0.25, 0.3) is 0 Å². The third-order valence-corrected chi connectivity index (χ3v) is 4.91. The van der Waals surface area contributed by atoms with Gasteiger partial charge in [-0.15, -0.1) is 0 Å². The predicted octanol–water partition coefficient (Wildman–Crippen LogP) is 2.51. The Morgan fingerprint density at radius 2 is 2.17 bits per heavy atom. The average Bonchev–Trinajstić information content (AvgIpc) is 2.94. The Labute approximate surface area is 140 Å². The number of hydrogen-bond donors (Lipinski definition) is 1. The van der Waals surface area contributed by atoms with E-state index in [0.717, 1.165) is 43.7 Å². The summed E-state index contributed by atoms with van der Waals surface area (Å²) in [7, 11) is 3.67. The van der Waals surface area contributed by atoms with Crippen LogP contribution in [0.2, 0.25) is 0 Å². The van der Waals surface area contributed by atoms with Gasteiger partial charge in [0.05, 0.1) is 0 Å². The lowest BCUT2D eigenvalue weighted by Crippen LogP contribution is -2.25. The molecule has 3 heterocycles. The van der Waals surface area contributed by atoms with E-state index in [1.54, 1.807) is 16.2 Å². The Morgan fingerprint density at radius 3 is 2.83 bits per heavy atom. The normalized spacial score (nSPS) is 15.0. The number of carbonyl (C=O) groups is 1. The fourth-order valence-electron chi connectivity index (χ4n) is 2.97. The van der Waals surface area contributed by atoms with E-state index in [2.05, 4.69) is 26.7 Å². The molecule has 1 aliphatic rings. The Bertz CT molecular complexity index is 698. The van der Waals surface area contributed by atoms with Gasteiger partial charge in [0.25, 0.3) is 0 Å². The summed E-state index contributed by atoms with van der Waals surface area (Å²) in [5.41, 5.74) is 3.74. The molecule has 122 valence electrons. The van der Waals surface area contributed by atoms with Gasteiger partial charge in [0, 0.05) is 45.8 Å². The van der Waals surface area contributed by atoms with Gasteiger partial charge in [-0.3, -0.25) is 4.90 Å². The fourth-order valence-corrected chi connectivity index (χ4v) is 3.63. The Hall–Kier alpha value is -1.92. The molecule has 1 aliphatic heterocycles. The van der Waals surface area contributed by atoms with Crippen molar-refractivity contribution in [2.75, 3.05) is 32.1 Å². The maximum atomic E-state index is 11.5. The smallest absolute Gasteiger partial charge is 0.339 e. The predicted molar refractivity (Wildman–Crippen MR) is 92.5 cm³/mol. The molecule has 0 fully saturated rings. The summed E-state index contributed by atoms with van der Waals surface area (Å²) < 4.78 is 0. The van der Waals surface area contributed by atoms with E-state index in [1.807, 2.05) is 20.2 Å². The number of aromatic nitrogens is 1. The largest absolute Gasteiger partial charge is 0.478 e. The van der Waals surface area contributed by atoms with Crippen molar-refractivity contribution in [1.82, 2.24) is 9.88 Å². The first-order valence-corrected chi connectivity index (χ1v) is 8.65. The summed E-state index contributed by atoms with van der Waals surface area (Å²) in [6, 6.07) is 3.97. The van der Waals surface area contributed by atoms with E-state index in [1.165, 1.54) is 5.56 Å². The van der Waals surface area contributed by atoms with E-state index in [-0.39, 0.29) is 0 Å². The lowest BCUT2D eigenvalue weighted by molar-refractivity contribution is 0.0697. The minimum atomic E-state index is -0.914. The molecule has 5 nitrogen and oxygen atoms in total. The molecule has 0 saturated carbocycles. The van der Waals surface area contributed by atoms with Crippen LogP contribution >= 0.6 is 11.3 Å². The van der Waals surface area contributed by atoms with Crippen molar-refractivity contribution in [3.63, 3.8) is 0 Å². The Kier molecular flexibility index (Phi) is 4.63. The van der Waals surface area contributed by atoms with Crippen molar-refractivity contribution in [1.29, 1.82) is 0 Å². The van der Waals surface area contributed by atoms with Gasteiger partial charge in [0.15, 0.2) is 0 Å². The molecule has 0 unspecified atom stereocenters. The highest BCUT2D eigenvalue weighted by atomic mass is 32.1. The van der Waals surface area contributed by atoms with Crippen LogP contribution in [0.15, 0.2) is 22.9 Å². The van der Waals surface area contributed by atoms with Crippen molar-refractivity contribution >= 4 is 23.1 Å². The summed E-state index contributed by atoms with van der Waals surface area (Å²) in [4.78, 5) is 20.3. The van der Waals surface area contributed by atoms with Gasteiger partial charge >= 0.3 is 5.97 Å². The summed E-state index contributed by atoms with van der Waals surface area (Å²) in [6.45, 7) is 2.84. The van der Waals surface area contributed by atoms with E-state index in [0.29, 0.717) is 11.4 Å². The zero-order valence-corrected chi connectivity index (χ0v) is 14.3. The first-order valence-electron chi connectivity index (χ1n) is 7.71. The highest BCUT2D eigenvalue weighted by molar-refractivity contribution is 7.07. The number of carboxylic acids is 1. The van der Waals surface area contributed by atoms with Gasteiger partial charge in [-0.05, 0) is 40.4 Å². The molecule has 0 spiro atoms. The van der Waals surface area contributed by atoms with Gasteiger partial charge in [0.1, 0.15) is 11.4 Å². The quantitative estimate of drug-likeness (QED) is 0.933. The Morgan fingerprint density at radius 1 is 1.39 bits per heavy atom. The van der Waals surface area contributed by atoms with Crippen molar-refractivity contribution in [3.05, 3.63) is 45.3 Å². The minimum absolute atomic E-state index is 0.292. The second kappa shape index (κ2) is 6.68. The van der Waals surface area contributed by atoms with Gasteiger partial charge < -0.3 is 10.0 Å². The van der Waals surface area contributed by atoms with Crippen LogP contribution in [-0.4, -0.2) is 48.1 Å². The number of aromatic carboxylic acids is 1. The monoisotopic (exact) mass is 331 g/mol. The number of rotatable bonds is 4. The summed E-state index contributed by atoms with van der Waals surface area (Å²) in [6.07, 6.45) is 1.71. The number of thiophene rings is 1. The summed E-state index contributed by atoms with van der Waals surface area (Å²) in [5.74, 6) is -0.370. The SMILES string of the molecule is CN(C)c1nc2c(cc1C(=O)O)CCN(Cc1ccsc1)CC2. The van der Waals surface area contributed by atoms with Crippen LogP contribution in [0.4, 0.5) is 5.82 Å². The molecule has 2 aromatic heterocycles. The molecule has 0 bridgehead atoms. The fraction of sp³-hybridized carbons (Fsp3) is 0.412. The van der Waals surface area contributed by atoms with E-state index in [9.17, 15) is 9.90 Å². The van der Waals surface area contributed by atoms with Crippen molar-refractivity contribution < 1.29 is 9.90 Å². The average molecular weight is 331 g/mol. The molecule has 0 saturated heterocycles. The zero-order valence-electron chi connectivity index (χ0n) is 13.5. The van der Waals surface area contributed by atoms with Gasteiger partial charge in [-0.25, -0.2) is 9.78 Å². The van der Waals surface area contributed by atoms with E-state index < -0.39 is 5.97 Å². The molecule has 0 aliphatic carbocycles.